The van der Waals surface area contributed by atoms with Gasteiger partial charge in [0.1, 0.15) is 28.8 Å². The molecular weight excluding hydrogens is 405 g/mol. The van der Waals surface area contributed by atoms with Crippen molar-refractivity contribution in [3.8, 4) is 11.5 Å². The van der Waals surface area contributed by atoms with Gasteiger partial charge in [0.05, 0.1) is 0 Å². The molecule has 0 saturated carbocycles. The number of hydrogen-bond donors (Lipinski definition) is 0. The fourth-order valence-electron chi connectivity index (χ4n) is 3.00. The number of carbonyl (C=O) groups excluding carboxylic acids is 2. The highest BCUT2D eigenvalue weighted by Crippen LogP contribution is 2.25. The van der Waals surface area contributed by atoms with E-state index in [0.717, 1.165) is 11.1 Å². The normalized spacial score (nSPS) is 10.7. The molecular formula is C24H21ClFNO3. The van der Waals surface area contributed by atoms with E-state index in [2.05, 4.69) is 4.98 Å². The van der Waals surface area contributed by atoms with Crippen molar-refractivity contribution < 1.29 is 18.7 Å². The first-order chi connectivity index (χ1) is 14.4. The zero-order chi connectivity index (χ0) is 21.7. The van der Waals surface area contributed by atoms with E-state index in [1.165, 1.54) is 24.4 Å². The van der Waals surface area contributed by atoms with E-state index >= 15 is 0 Å². The van der Waals surface area contributed by atoms with E-state index < -0.39 is 5.82 Å². The monoisotopic (exact) mass is 425 g/mol. The predicted octanol–water partition coefficient (Wildman–Crippen LogP) is 5.92. The van der Waals surface area contributed by atoms with Crippen molar-refractivity contribution in [1.29, 1.82) is 0 Å². The maximum Gasteiger partial charge on any atom is 0.181 e. The highest BCUT2D eigenvalue weighted by atomic mass is 35.5. The lowest BCUT2D eigenvalue weighted by atomic mass is 10.0. The Labute approximate surface area is 179 Å². The molecule has 4 nitrogen and oxygen atoms in total. The third kappa shape index (κ3) is 5.51. The molecule has 0 atom stereocenters. The molecule has 0 saturated heterocycles. The Hall–Kier alpha value is -3.05. The summed E-state index contributed by atoms with van der Waals surface area (Å²) >= 11 is 6.01. The van der Waals surface area contributed by atoms with Gasteiger partial charge in [-0.15, -0.1) is 0 Å². The molecule has 0 aliphatic heterocycles. The van der Waals surface area contributed by atoms with Crippen LogP contribution in [0.3, 0.4) is 0 Å². The molecule has 0 fully saturated rings. The number of hydrogen-bond acceptors (Lipinski definition) is 4. The Morgan fingerprint density at radius 3 is 2.50 bits per heavy atom. The molecule has 2 aromatic carbocycles. The number of aromatic nitrogens is 1. The second kappa shape index (κ2) is 9.63. The third-order valence-corrected chi connectivity index (χ3v) is 5.03. The van der Waals surface area contributed by atoms with Crippen LogP contribution in [0.15, 0.2) is 54.7 Å². The van der Waals surface area contributed by atoms with Gasteiger partial charge in [-0.3, -0.25) is 14.6 Å². The van der Waals surface area contributed by atoms with Crippen LogP contribution in [-0.4, -0.2) is 16.6 Å². The lowest BCUT2D eigenvalue weighted by molar-refractivity contribution is -0.117. The highest BCUT2D eigenvalue weighted by molar-refractivity contribution is 6.31. The summed E-state index contributed by atoms with van der Waals surface area (Å²) in [6.45, 7) is 3.62. The lowest BCUT2D eigenvalue weighted by Crippen LogP contribution is -2.08. The number of rotatable bonds is 8. The first kappa shape index (κ1) is 21.7. The number of ether oxygens (including phenoxy) is 1. The Bertz CT molecular complexity index is 1100. The van der Waals surface area contributed by atoms with Crippen LogP contribution >= 0.6 is 11.6 Å². The molecule has 0 unspecified atom stereocenters. The second-order valence-electron chi connectivity index (χ2n) is 6.98. The van der Waals surface area contributed by atoms with Crippen molar-refractivity contribution >= 4 is 23.2 Å². The Morgan fingerprint density at radius 1 is 1.03 bits per heavy atom. The van der Waals surface area contributed by atoms with Crippen LogP contribution < -0.4 is 4.74 Å². The smallest absolute Gasteiger partial charge is 0.181 e. The summed E-state index contributed by atoms with van der Waals surface area (Å²) < 4.78 is 20.2. The van der Waals surface area contributed by atoms with E-state index in [1.807, 2.05) is 13.0 Å². The molecule has 0 bridgehead atoms. The average Bonchev–Trinajstić information content (AvgIpc) is 2.72. The molecule has 3 rings (SSSR count). The molecule has 30 heavy (non-hydrogen) atoms. The average molecular weight is 426 g/mol. The summed E-state index contributed by atoms with van der Waals surface area (Å²) in [5.74, 6) is -0.0502. The number of ketones is 2. The van der Waals surface area contributed by atoms with Crippen molar-refractivity contribution in [1.82, 2.24) is 4.98 Å². The number of nitrogens with zero attached hydrogens (tertiary/aromatic N) is 1. The summed E-state index contributed by atoms with van der Waals surface area (Å²) in [6.07, 6.45) is 2.00. The SMILES string of the molecule is CCC(=O)c1cc(Oc2ccc(CC(=O)Cc3ccc(Cl)c(C)c3)c(F)c2)ccn1. The fraction of sp³-hybridized carbons (Fsp3) is 0.208. The summed E-state index contributed by atoms with van der Waals surface area (Å²) in [7, 11) is 0. The third-order valence-electron chi connectivity index (χ3n) is 4.61. The Kier molecular flexibility index (Phi) is 6.95. The van der Waals surface area contributed by atoms with Crippen LogP contribution in [0.4, 0.5) is 4.39 Å². The summed E-state index contributed by atoms with van der Waals surface area (Å²) in [4.78, 5) is 28.1. The molecule has 6 heteroatoms. The quantitative estimate of drug-likeness (QED) is 0.420. The summed E-state index contributed by atoms with van der Waals surface area (Å²) in [5.41, 5.74) is 2.34. The molecule has 0 spiro atoms. The molecule has 0 N–H and O–H groups in total. The molecule has 0 aliphatic rings. The van der Waals surface area contributed by atoms with Gasteiger partial charge in [-0.25, -0.2) is 4.39 Å². The topological polar surface area (TPSA) is 56.3 Å². The van der Waals surface area contributed by atoms with Gasteiger partial charge >= 0.3 is 0 Å². The number of Topliss-reactive ketones (excluding diaryl/α,β-unsaturated/α-hetero) is 2. The van der Waals surface area contributed by atoms with Crippen molar-refractivity contribution in [3.63, 3.8) is 0 Å². The van der Waals surface area contributed by atoms with Gasteiger partial charge in [0.15, 0.2) is 5.78 Å². The van der Waals surface area contributed by atoms with Gasteiger partial charge < -0.3 is 4.74 Å². The zero-order valence-electron chi connectivity index (χ0n) is 16.7. The van der Waals surface area contributed by atoms with Crippen LogP contribution in [0.1, 0.15) is 40.5 Å². The first-order valence-electron chi connectivity index (χ1n) is 9.58. The van der Waals surface area contributed by atoms with Gasteiger partial charge in [0.25, 0.3) is 0 Å². The van der Waals surface area contributed by atoms with E-state index in [0.29, 0.717) is 28.5 Å². The van der Waals surface area contributed by atoms with Gasteiger partial charge in [0.2, 0.25) is 0 Å². The number of pyridine rings is 1. The van der Waals surface area contributed by atoms with Crippen LogP contribution in [-0.2, 0) is 17.6 Å². The number of halogens is 2. The van der Waals surface area contributed by atoms with E-state index in [4.69, 9.17) is 16.3 Å². The number of aryl methyl sites for hydroxylation is 1. The van der Waals surface area contributed by atoms with Crippen LogP contribution in [0, 0.1) is 12.7 Å². The van der Waals surface area contributed by atoms with Crippen molar-refractivity contribution in [2.75, 3.05) is 0 Å². The second-order valence-corrected chi connectivity index (χ2v) is 7.39. The van der Waals surface area contributed by atoms with Crippen molar-refractivity contribution in [2.24, 2.45) is 0 Å². The first-order valence-corrected chi connectivity index (χ1v) is 9.95. The predicted molar refractivity (Wildman–Crippen MR) is 114 cm³/mol. The van der Waals surface area contributed by atoms with E-state index in [9.17, 15) is 14.0 Å². The summed E-state index contributed by atoms with van der Waals surface area (Å²) in [5, 5.41) is 0.646. The molecule has 1 heterocycles. The van der Waals surface area contributed by atoms with E-state index in [1.54, 1.807) is 31.2 Å². The van der Waals surface area contributed by atoms with Crippen molar-refractivity contribution in [2.45, 2.75) is 33.1 Å². The van der Waals surface area contributed by atoms with Crippen molar-refractivity contribution in [3.05, 3.63) is 88.0 Å². The summed E-state index contributed by atoms with van der Waals surface area (Å²) in [6, 6.07) is 12.9. The molecule has 0 amide bonds. The minimum absolute atomic E-state index is 0.0157. The molecule has 0 radical (unpaired) electrons. The zero-order valence-corrected chi connectivity index (χ0v) is 17.5. The minimum Gasteiger partial charge on any atom is -0.457 e. The number of carbonyl (C=O) groups is 2. The lowest BCUT2D eigenvalue weighted by Gasteiger charge is -2.09. The Balaban J connectivity index is 1.67. The standard InChI is InChI=1S/C24H21ClFNO3/c1-3-24(29)23-14-20(8-9-27-23)30-19-6-5-17(22(26)13-19)12-18(28)11-16-4-7-21(25)15(2)10-16/h4-10,13-14H,3,11-12H2,1-2H3. The van der Waals surface area contributed by atoms with Gasteiger partial charge in [-0.1, -0.05) is 36.7 Å². The van der Waals surface area contributed by atoms with Crippen LogP contribution in [0.5, 0.6) is 11.5 Å². The van der Waals surface area contributed by atoms with Crippen LogP contribution in [0.2, 0.25) is 5.02 Å². The Morgan fingerprint density at radius 2 is 1.80 bits per heavy atom. The maximum absolute atomic E-state index is 14.5. The molecule has 1 aromatic heterocycles. The largest absolute Gasteiger partial charge is 0.457 e. The van der Waals surface area contributed by atoms with E-state index in [-0.39, 0.29) is 30.2 Å². The molecule has 3 aromatic rings. The van der Waals surface area contributed by atoms with Gasteiger partial charge in [-0.2, -0.15) is 0 Å². The van der Waals surface area contributed by atoms with Crippen LogP contribution in [0.25, 0.3) is 0 Å². The highest BCUT2D eigenvalue weighted by Gasteiger charge is 2.12. The van der Waals surface area contributed by atoms with Gasteiger partial charge in [0, 0.05) is 42.6 Å². The minimum atomic E-state index is -0.521. The maximum atomic E-state index is 14.5. The molecule has 0 aliphatic carbocycles. The fourth-order valence-corrected chi connectivity index (χ4v) is 3.12. The molecule has 154 valence electrons. The number of benzene rings is 2. The van der Waals surface area contributed by atoms with Gasteiger partial charge in [-0.05, 0) is 41.8 Å².